The lowest BCUT2D eigenvalue weighted by atomic mass is 10.5. The zero-order valence-corrected chi connectivity index (χ0v) is 7.42. The van der Waals surface area contributed by atoms with Crippen molar-refractivity contribution in [3.63, 3.8) is 0 Å². The Hall–Kier alpha value is -1.78. The van der Waals surface area contributed by atoms with Gasteiger partial charge in [-0.25, -0.2) is 4.98 Å². The van der Waals surface area contributed by atoms with E-state index in [1.54, 1.807) is 12.3 Å². The van der Waals surface area contributed by atoms with Gasteiger partial charge in [-0.1, -0.05) is 0 Å². The van der Waals surface area contributed by atoms with Gasteiger partial charge in [-0.3, -0.25) is 4.79 Å². The summed E-state index contributed by atoms with van der Waals surface area (Å²) in [6, 6.07) is 2.17. The Labute approximate surface area is 79.8 Å². The van der Waals surface area contributed by atoms with Crippen LogP contribution in [0.15, 0.2) is 12.3 Å². The van der Waals surface area contributed by atoms with Crippen molar-refractivity contribution >= 4 is 17.5 Å². The van der Waals surface area contributed by atoms with Crippen molar-refractivity contribution in [2.24, 2.45) is 0 Å². The van der Waals surface area contributed by atoms with Gasteiger partial charge in [0.2, 0.25) is 0 Å². The Bertz CT molecular complexity index is 500. The summed E-state index contributed by atoms with van der Waals surface area (Å²) >= 11 is 0. The van der Waals surface area contributed by atoms with Crippen molar-refractivity contribution < 1.29 is 4.79 Å². The zero-order valence-electron chi connectivity index (χ0n) is 7.42. The van der Waals surface area contributed by atoms with E-state index in [9.17, 15) is 4.79 Å². The number of hydrogen-bond donors (Lipinski definition) is 0. The monoisotopic (exact) mass is 188 g/mol. The first-order valence-corrected chi connectivity index (χ1v) is 4.55. The molecule has 14 heavy (non-hydrogen) atoms. The molecular weight excluding hydrogens is 180 g/mol. The molecule has 2 heterocycles. The third kappa shape index (κ3) is 0.951. The van der Waals surface area contributed by atoms with E-state index in [1.165, 1.54) is 0 Å². The fraction of sp³-hybridized carbons (Fsp3) is 0.333. The number of aromatic nitrogens is 4. The maximum Gasteiger partial charge on any atom is 0.185 e. The molecule has 5 heteroatoms. The lowest BCUT2D eigenvalue weighted by Crippen LogP contribution is -2.01. The number of carbonyl (C=O) groups is 1. The summed E-state index contributed by atoms with van der Waals surface area (Å²) in [6.07, 6.45) is 4.56. The largest absolute Gasteiger partial charge is 0.302 e. The Morgan fingerprint density at radius 2 is 2.36 bits per heavy atom. The average molecular weight is 188 g/mol. The van der Waals surface area contributed by atoms with Crippen LogP contribution < -0.4 is 0 Å². The van der Waals surface area contributed by atoms with Crippen LogP contribution >= 0.6 is 0 Å². The van der Waals surface area contributed by atoms with E-state index < -0.39 is 0 Å². The fourth-order valence-corrected chi connectivity index (χ4v) is 1.64. The number of nitrogens with zero attached hydrogens (tertiary/aromatic N) is 4. The molecule has 1 aliphatic rings. The van der Waals surface area contributed by atoms with Gasteiger partial charge >= 0.3 is 0 Å². The SMILES string of the molecule is O=Cc1nc2ccnnc2n1C1CC1. The standard InChI is InChI=1S/C9H8N4O/c14-5-8-11-7-3-4-10-12-9(7)13(8)6-1-2-6/h3-6H,1-2H2. The molecule has 1 saturated carbocycles. The molecule has 5 nitrogen and oxygen atoms in total. The molecule has 0 bridgehead atoms. The van der Waals surface area contributed by atoms with Crippen LogP contribution in [0.4, 0.5) is 0 Å². The molecule has 0 N–H and O–H groups in total. The minimum atomic E-state index is 0.400. The number of imidazole rings is 1. The second kappa shape index (κ2) is 2.60. The van der Waals surface area contributed by atoms with Gasteiger partial charge in [0.1, 0.15) is 5.52 Å². The van der Waals surface area contributed by atoms with Crippen LogP contribution in [-0.4, -0.2) is 26.0 Å². The van der Waals surface area contributed by atoms with Gasteiger partial charge in [-0.2, -0.15) is 5.10 Å². The quantitative estimate of drug-likeness (QED) is 0.659. The van der Waals surface area contributed by atoms with Crippen molar-refractivity contribution in [2.45, 2.75) is 18.9 Å². The lowest BCUT2D eigenvalue weighted by molar-refractivity contribution is 0.111. The van der Waals surface area contributed by atoms with Crippen molar-refractivity contribution in [2.75, 3.05) is 0 Å². The first-order chi connectivity index (χ1) is 6.90. The molecule has 1 aliphatic carbocycles. The first kappa shape index (κ1) is 7.61. The molecule has 0 amide bonds. The summed E-state index contributed by atoms with van der Waals surface area (Å²) in [4.78, 5) is 15.0. The molecule has 0 spiro atoms. The summed E-state index contributed by atoms with van der Waals surface area (Å²) < 4.78 is 1.88. The van der Waals surface area contributed by atoms with Gasteiger partial charge in [-0.15, -0.1) is 5.10 Å². The molecule has 0 saturated heterocycles. The van der Waals surface area contributed by atoms with E-state index in [-0.39, 0.29) is 0 Å². The van der Waals surface area contributed by atoms with Gasteiger partial charge in [0.05, 0.1) is 6.20 Å². The normalized spacial score (nSPS) is 16.0. The van der Waals surface area contributed by atoms with Crippen LogP contribution in [0.3, 0.4) is 0 Å². The Balaban J connectivity index is 2.35. The lowest BCUT2D eigenvalue weighted by Gasteiger charge is -1.99. The van der Waals surface area contributed by atoms with E-state index in [0.29, 0.717) is 11.9 Å². The highest BCUT2D eigenvalue weighted by Gasteiger charge is 2.28. The molecule has 0 aliphatic heterocycles. The molecular formula is C9H8N4O. The summed E-state index contributed by atoms with van der Waals surface area (Å²) in [5.41, 5.74) is 1.46. The zero-order chi connectivity index (χ0) is 9.54. The predicted molar refractivity (Wildman–Crippen MR) is 49.0 cm³/mol. The highest BCUT2D eigenvalue weighted by atomic mass is 16.1. The van der Waals surface area contributed by atoms with Crippen LogP contribution in [0.25, 0.3) is 11.2 Å². The van der Waals surface area contributed by atoms with E-state index in [4.69, 9.17) is 0 Å². The molecule has 0 unspecified atom stereocenters. The maximum atomic E-state index is 10.8. The summed E-state index contributed by atoms with van der Waals surface area (Å²) in [5.74, 6) is 0.461. The molecule has 0 radical (unpaired) electrons. The minimum Gasteiger partial charge on any atom is -0.302 e. The van der Waals surface area contributed by atoms with Crippen molar-refractivity contribution in [1.82, 2.24) is 19.7 Å². The molecule has 0 aromatic carbocycles. The molecule has 0 atom stereocenters. The molecule has 70 valence electrons. The predicted octanol–water partition coefficient (Wildman–Crippen LogP) is 0.974. The number of hydrogen-bond acceptors (Lipinski definition) is 4. The third-order valence-electron chi connectivity index (χ3n) is 2.41. The number of aldehydes is 1. The Kier molecular flexibility index (Phi) is 1.41. The molecule has 3 rings (SSSR count). The summed E-state index contributed by atoms with van der Waals surface area (Å²) in [5, 5.41) is 7.81. The molecule has 2 aromatic rings. The number of rotatable bonds is 2. The second-order valence-electron chi connectivity index (χ2n) is 3.43. The Morgan fingerprint density at radius 1 is 1.50 bits per heavy atom. The Morgan fingerprint density at radius 3 is 3.07 bits per heavy atom. The molecule has 1 fully saturated rings. The van der Waals surface area contributed by atoms with Gasteiger partial charge in [-0.05, 0) is 18.9 Å². The first-order valence-electron chi connectivity index (χ1n) is 4.55. The summed E-state index contributed by atoms with van der Waals surface area (Å²) in [7, 11) is 0. The van der Waals surface area contributed by atoms with E-state index in [0.717, 1.165) is 30.3 Å². The van der Waals surface area contributed by atoms with Crippen LogP contribution in [0, 0.1) is 0 Å². The van der Waals surface area contributed by atoms with Crippen LogP contribution in [0.5, 0.6) is 0 Å². The second-order valence-corrected chi connectivity index (χ2v) is 3.43. The van der Waals surface area contributed by atoms with Crippen LogP contribution in [0.2, 0.25) is 0 Å². The summed E-state index contributed by atoms with van der Waals surface area (Å²) in [6.45, 7) is 0. The van der Waals surface area contributed by atoms with Crippen molar-refractivity contribution in [3.8, 4) is 0 Å². The molecule has 2 aromatic heterocycles. The van der Waals surface area contributed by atoms with Crippen LogP contribution in [0.1, 0.15) is 29.5 Å². The highest BCUT2D eigenvalue weighted by molar-refractivity contribution is 5.80. The van der Waals surface area contributed by atoms with Gasteiger partial charge in [0.25, 0.3) is 0 Å². The minimum absolute atomic E-state index is 0.400. The van der Waals surface area contributed by atoms with E-state index >= 15 is 0 Å². The van der Waals surface area contributed by atoms with Crippen LogP contribution in [-0.2, 0) is 0 Å². The third-order valence-corrected chi connectivity index (χ3v) is 2.41. The fourth-order valence-electron chi connectivity index (χ4n) is 1.64. The van der Waals surface area contributed by atoms with E-state index in [2.05, 4.69) is 15.2 Å². The average Bonchev–Trinajstić information content (AvgIpc) is 2.98. The highest BCUT2D eigenvalue weighted by Crippen LogP contribution is 2.37. The maximum absolute atomic E-state index is 10.8. The smallest absolute Gasteiger partial charge is 0.185 e. The topological polar surface area (TPSA) is 60.7 Å². The van der Waals surface area contributed by atoms with Crippen molar-refractivity contribution in [1.29, 1.82) is 0 Å². The number of fused-ring (bicyclic) bond motifs is 1. The van der Waals surface area contributed by atoms with Gasteiger partial charge in [0, 0.05) is 6.04 Å². The van der Waals surface area contributed by atoms with E-state index in [1.807, 2.05) is 4.57 Å². The van der Waals surface area contributed by atoms with Crippen molar-refractivity contribution in [3.05, 3.63) is 18.1 Å². The number of carbonyl (C=O) groups excluding carboxylic acids is 1. The van der Waals surface area contributed by atoms with Gasteiger partial charge < -0.3 is 4.57 Å². The van der Waals surface area contributed by atoms with Gasteiger partial charge in [0.15, 0.2) is 17.8 Å².